The Morgan fingerprint density at radius 2 is 2.04 bits per heavy atom. The molecule has 0 saturated carbocycles. The van der Waals surface area contributed by atoms with Gasteiger partial charge < -0.3 is 4.57 Å². The van der Waals surface area contributed by atoms with Crippen LogP contribution in [0.25, 0.3) is 0 Å². The van der Waals surface area contributed by atoms with Gasteiger partial charge in [0.25, 0.3) is 0 Å². The van der Waals surface area contributed by atoms with Crippen molar-refractivity contribution in [1.29, 1.82) is 0 Å². The number of thiophene rings is 1. The Morgan fingerprint density at radius 3 is 2.83 bits per heavy atom. The summed E-state index contributed by atoms with van der Waals surface area (Å²) < 4.78 is 2.21. The van der Waals surface area contributed by atoms with Crippen molar-refractivity contribution in [3.05, 3.63) is 40.1 Å². The van der Waals surface area contributed by atoms with Crippen LogP contribution in [0.1, 0.15) is 42.5 Å². The minimum absolute atomic E-state index is 0.903. The van der Waals surface area contributed by atoms with Gasteiger partial charge in [0.1, 0.15) is 5.82 Å². The van der Waals surface area contributed by atoms with Gasteiger partial charge in [0.15, 0.2) is 0 Å². The van der Waals surface area contributed by atoms with Crippen molar-refractivity contribution in [3.63, 3.8) is 0 Å². The summed E-state index contributed by atoms with van der Waals surface area (Å²) >= 11 is 1.89. The lowest BCUT2D eigenvalue weighted by molar-refractivity contribution is 0.221. The smallest absolute Gasteiger partial charge is 0.122 e. The van der Waals surface area contributed by atoms with E-state index in [9.17, 15) is 0 Å². The Hall–Kier alpha value is -1.17. The topological polar surface area (TPSA) is 24.3 Å². The first-order chi connectivity index (χ1) is 11.2. The van der Waals surface area contributed by atoms with Gasteiger partial charge in [-0.3, -0.25) is 9.80 Å². The zero-order chi connectivity index (χ0) is 16.1. The van der Waals surface area contributed by atoms with Crippen molar-refractivity contribution in [3.8, 4) is 0 Å². The molecule has 5 heteroatoms. The summed E-state index contributed by atoms with van der Waals surface area (Å²) in [5.74, 6) is 1.15. The molecule has 4 nitrogen and oxygen atoms in total. The van der Waals surface area contributed by atoms with Gasteiger partial charge in [0, 0.05) is 36.9 Å². The molecular formula is C18H28N4S. The van der Waals surface area contributed by atoms with E-state index >= 15 is 0 Å². The summed E-state index contributed by atoms with van der Waals surface area (Å²) in [5.41, 5.74) is 1.48. The van der Waals surface area contributed by atoms with E-state index < -0.39 is 0 Å². The molecule has 0 spiro atoms. The Balaban J connectivity index is 1.51. The van der Waals surface area contributed by atoms with Crippen LogP contribution in [0.5, 0.6) is 0 Å². The predicted molar refractivity (Wildman–Crippen MR) is 96.5 cm³/mol. The van der Waals surface area contributed by atoms with Crippen molar-refractivity contribution in [2.45, 2.75) is 52.4 Å². The van der Waals surface area contributed by atoms with Crippen molar-refractivity contribution >= 4 is 11.3 Å². The standard InChI is InChI=1S/C18H28N4S/c1-3-22-10-7-19-18(22)14-20(2)13-17-11-16(15-23-17)12-21-8-5-4-6-9-21/h7,10-11,15H,3-6,8-9,12-14H2,1-2H3. The summed E-state index contributed by atoms with van der Waals surface area (Å²) in [6.07, 6.45) is 8.09. The van der Waals surface area contributed by atoms with E-state index in [0.29, 0.717) is 0 Å². The number of nitrogens with zero attached hydrogens (tertiary/aromatic N) is 4. The van der Waals surface area contributed by atoms with Gasteiger partial charge in [0.2, 0.25) is 0 Å². The fourth-order valence-corrected chi connectivity index (χ4v) is 4.27. The molecule has 0 aromatic carbocycles. The predicted octanol–water partition coefficient (Wildman–Crippen LogP) is 3.58. The number of hydrogen-bond acceptors (Lipinski definition) is 4. The van der Waals surface area contributed by atoms with Crippen LogP contribution in [0.3, 0.4) is 0 Å². The van der Waals surface area contributed by atoms with Crippen molar-refractivity contribution in [2.75, 3.05) is 20.1 Å². The number of rotatable bonds is 7. The van der Waals surface area contributed by atoms with E-state index in [-0.39, 0.29) is 0 Å². The normalized spacial score (nSPS) is 16.3. The van der Waals surface area contributed by atoms with Crippen molar-refractivity contribution in [2.24, 2.45) is 0 Å². The molecular weight excluding hydrogens is 304 g/mol. The summed E-state index contributed by atoms with van der Waals surface area (Å²) in [6.45, 7) is 8.72. The lowest BCUT2D eigenvalue weighted by Crippen LogP contribution is -2.28. The minimum atomic E-state index is 0.903. The molecule has 0 unspecified atom stereocenters. The average Bonchev–Trinajstić information content (AvgIpc) is 3.17. The van der Waals surface area contributed by atoms with Crippen LogP contribution in [0.15, 0.2) is 23.8 Å². The maximum atomic E-state index is 4.47. The van der Waals surface area contributed by atoms with Crippen LogP contribution in [0, 0.1) is 0 Å². The van der Waals surface area contributed by atoms with Gasteiger partial charge in [-0.15, -0.1) is 11.3 Å². The zero-order valence-electron chi connectivity index (χ0n) is 14.4. The third-order valence-electron chi connectivity index (χ3n) is 4.54. The highest BCUT2D eigenvalue weighted by Crippen LogP contribution is 2.20. The summed E-state index contributed by atoms with van der Waals surface area (Å²) in [7, 11) is 2.18. The van der Waals surface area contributed by atoms with E-state index in [2.05, 4.69) is 51.0 Å². The highest BCUT2D eigenvalue weighted by atomic mass is 32.1. The van der Waals surface area contributed by atoms with Crippen LogP contribution in [0.4, 0.5) is 0 Å². The molecule has 0 radical (unpaired) electrons. The Labute approximate surface area is 143 Å². The van der Waals surface area contributed by atoms with Crippen LogP contribution >= 0.6 is 11.3 Å². The Morgan fingerprint density at radius 1 is 1.22 bits per heavy atom. The molecule has 0 N–H and O–H groups in total. The van der Waals surface area contributed by atoms with Gasteiger partial charge in [-0.25, -0.2) is 4.98 Å². The van der Waals surface area contributed by atoms with E-state index in [1.165, 1.54) is 42.8 Å². The first kappa shape index (κ1) is 16.7. The highest BCUT2D eigenvalue weighted by Gasteiger charge is 2.12. The van der Waals surface area contributed by atoms with Crippen molar-refractivity contribution in [1.82, 2.24) is 19.4 Å². The van der Waals surface area contributed by atoms with Crippen molar-refractivity contribution < 1.29 is 0 Å². The maximum Gasteiger partial charge on any atom is 0.122 e. The molecule has 1 saturated heterocycles. The molecule has 0 aliphatic carbocycles. The molecule has 0 amide bonds. The molecule has 0 bridgehead atoms. The van der Waals surface area contributed by atoms with Crippen LogP contribution in [-0.4, -0.2) is 39.5 Å². The summed E-state index contributed by atoms with van der Waals surface area (Å²) in [5, 5.41) is 2.34. The number of aryl methyl sites for hydroxylation is 1. The molecule has 23 heavy (non-hydrogen) atoms. The second kappa shape index (κ2) is 8.08. The van der Waals surface area contributed by atoms with Crippen LogP contribution in [-0.2, 0) is 26.2 Å². The van der Waals surface area contributed by atoms with E-state index in [1.54, 1.807) is 0 Å². The van der Waals surface area contributed by atoms with Gasteiger partial charge in [-0.1, -0.05) is 6.42 Å². The number of imidazole rings is 1. The first-order valence-corrected chi connectivity index (χ1v) is 9.59. The minimum Gasteiger partial charge on any atom is -0.334 e. The molecule has 3 rings (SSSR count). The van der Waals surface area contributed by atoms with Crippen LogP contribution in [0.2, 0.25) is 0 Å². The quantitative estimate of drug-likeness (QED) is 0.774. The summed E-state index contributed by atoms with van der Waals surface area (Å²) in [6, 6.07) is 2.39. The molecule has 1 aliphatic heterocycles. The average molecular weight is 333 g/mol. The fourth-order valence-electron chi connectivity index (χ4n) is 3.31. The second-order valence-corrected chi connectivity index (χ2v) is 7.56. The molecule has 0 atom stereocenters. The molecule has 2 aromatic heterocycles. The zero-order valence-corrected chi connectivity index (χ0v) is 15.2. The Bertz CT molecular complexity index is 598. The first-order valence-electron chi connectivity index (χ1n) is 8.72. The summed E-state index contributed by atoms with van der Waals surface area (Å²) in [4.78, 5) is 10.9. The van der Waals surface area contributed by atoms with Gasteiger partial charge in [-0.2, -0.15) is 0 Å². The van der Waals surface area contributed by atoms with E-state index in [4.69, 9.17) is 0 Å². The third-order valence-corrected chi connectivity index (χ3v) is 5.51. The number of piperidine rings is 1. The van der Waals surface area contributed by atoms with E-state index in [1.807, 2.05) is 17.5 Å². The van der Waals surface area contributed by atoms with Gasteiger partial charge in [-0.05, 0) is 56.9 Å². The Kier molecular flexibility index (Phi) is 5.86. The van der Waals surface area contributed by atoms with Crippen LogP contribution < -0.4 is 0 Å². The van der Waals surface area contributed by atoms with E-state index in [0.717, 1.165) is 32.0 Å². The van der Waals surface area contributed by atoms with Gasteiger partial charge >= 0.3 is 0 Å². The molecule has 1 fully saturated rings. The molecule has 126 valence electrons. The SMILES string of the molecule is CCn1ccnc1CN(C)Cc1cc(CN2CCCCC2)cs1. The fraction of sp³-hybridized carbons (Fsp3) is 0.611. The molecule has 2 aromatic rings. The monoisotopic (exact) mass is 332 g/mol. The molecule has 1 aliphatic rings. The number of hydrogen-bond donors (Lipinski definition) is 0. The third kappa shape index (κ3) is 4.66. The molecule has 3 heterocycles. The maximum absolute atomic E-state index is 4.47. The largest absolute Gasteiger partial charge is 0.334 e. The lowest BCUT2D eigenvalue weighted by Gasteiger charge is -2.25. The number of likely N-dealkylation sites (tertiary alicyclic amines) is 1. The lowest BCUT2D eigenvalue weighted by atomic mass is 10.1. The highest BCUT2D eigenvalue weighted by molar-refractivity contribution is 7.10. The van der Waals surface area contributed by atoms with Gasteiger partial charge in [0.05, 0.1) is 6.54 Å². The number of aromatic nitrogens is 2. The second-order valence-electron chi connectivity index (χ2n) is 6.56.